The molecule has 0 aliphatic rings. The average molecular weight is 1020 g/mol. The number of rotatable bonds is 14. The van der Waals surface area contributed by atoms with Gasteiger partial charge in [0.15, 0.2) is 0 Å². The number of hydrogen-bond acceptors (Lipinski definition) is 2. The lowest BCUT2D eigenvalue weighted by Gasteiger charge is -2.46. The van der Waals surface area contributed by atoms with Gasteiger partial charge in [0.05, 0.1) is 0 Å². The molecule has 12 rings (SSSR count). The van der Waals surface area contributed by atoms with Crippen LogP contribution in [-0.2, 0) is 8.98 Å². The first-order valence-corrected chi connectivity index (χ1v) is 28.2. The van der Waals surface area contributed by atoms with Gasteiger partial charge in [-0.3, -0.25) is 4.79 Å². The van der Waals surface area contributed by atoms with E-state index in [0.29, 0.717) is 0 Å². The number of carbonyl (C=O) groups excluding carboxylic acids is 1. The van der Waals surface area contributed by atoms with Crippen LogP contribution in [0.1, 0.15) is 13.3 Å². The van der Waals surface area contributed by atoms with Gasteiger partial charge in [-0.25, -0.2) is 0 Å². The molecule has 0 bridgehead atoms. The Bertz CT molecular complexity index is 3390. The third-order valence-electron chi connectivity index (χ3n) is 14.5. The molecule has 0 saturated heterocycles. The standard InChI is InChI=1S/C75H56O2S/c1-2-72(76)77-78(73-66(57-36-18-6-19-37-57)48-63(54-30-12-3-13-31-54)49-67(73)58-38-20-7-21-39-58,74-68(59-40-22-8-23-41-59)50-64(55-32-14-4-15-33-55)51-69(74)60-42-24-9-25-43-60)75-70(61-44-26-10-27-45-61)52-65(56-34-16-5-17-35-56)53-71(75)62-46-28-11-29-47-62/h3-53H,2H2,1H3. The molecule has 12 aromatic carbocycles. The number of hydrogen-bond donors (Lipinski definition) is 0. The SMILES string of the molecule is CCC(=O)OS(c1c(-c2ccccc2)cc(-c2ccccc2)cc1-c1ccccc1)(c1c(-c2ccccc2)cc(-c2ccccc2)cc1-c1ccccc1)c1c(-c2ccccc2)cc(-c2ccccc2)cc1-c1ccccc1. The van der Waals surface area contributed by atoms with Crippen LogP contribution in [0.15, 0.2) is 324 Å². The Hall–Kier alpha value is -9.54. The van der Waals surface area contributed by atoms with Gasteiger partial charge in [0.25, 0.3) is 0 Å². The average Bonchev–Trinajstić information content (AvgIpc) is 3.60. The van der Waals surface area contributed by atoms with E-state index in [2.05, 4.69) is 309 Å². The molecule has 78 heavy (non-hydrogen) atoms. The van der Waals surface area contributed by atoms with E-state index in [0.717, 1.165) is 115 Å². The smallest absolute Gasteiger partial charge is 0.316 e. The quantitative estimate of drug-likeness (QED) is 0.108. The molecule has 0 radical (unpaired) electrons. The third kappa shape index (κ3) is 9.69. The predicted molar refractivity (Wildman–Crippen MR) is 327 cm³/mol. The van der Waals surface area contributed by atoms with Crippen molar-refractivity contribution in [1.82, 2.24) is 0 Å². The van der Waals surface area contributed by atoms with E-state index in [-0.39, 0.29) is 12.4 Å². The summed E-state index contributed by atoms with van der Waals surface area (Å²) in [4.78, 5) is 18.7. The lowest BCUT2D eigenvalue weighted by Crippen LogP contribution is -2.18. The molecule has 0 N–H and O–H groups in total. The van der Waals surface area contributed by atoms with Gasteiger partial charge in [0, 0.05) is 21.1 Å². The second-order valence-electron chi connectivity index (χ2n) is 19.4. The van der Waals surface area contributed by atoms with E-state index < -0.39 is 10.3 Å². The van der Waals surface area contributed by atoms with Crippen molar-refractivity contribution in [3.05, 3.63) is 309 Å². The summed E-state index contributed by atoms with van der Waals surface area (Å²) >= 11 is 0. The lowest BCUT2D eigenvalue weighted by molar-refractivity contribution is -0.133. The van der Waals surface area contributed by atoms with Crippen LogP contribution < -0.4 is 0 Å². The first kappa shape index (κ1) is 49.3. The summed E-state index contributed by atoms with van der Waals surface area (Å²) in [6, 6.07) is 110. The van der Waals surface area contributed by atoms with Crippen molar-refractivity contribution in [3.8, 4) is 100 Å². The topological polar surface area (TPSA) is 26.3 Å². The summed E-state index contributed by atoms with van der Waals surface area (Å²) in [6.07, 6.45) is 0.130. The summed E-state index contributed by atoms with van der Waals surface area (Å²) in [6.45, 7) is 1.92. The molecule has 0 fully saturated rings. The van der Waals surface area contributed by atoms with Gasteiger partial charge in [-0.15, -0.1) is 0 Å². The van der Waals surface area contributed by atoms with Crippen LogP contribution in [0.25, 0.3) is 100 Å². The van der Waals surface area contributed by atoms with Crippen LogP contribution in [0, 0.1) is 0 Å². The second kappa shape index (κ2) is 22.4. The maximum absolute atomic E-state index is 15.9. The number of benzene rings is 12. The molecule has 12 aromatic rings. The van der Waals surface area contributed by atoms with E-state index in [1.807, 2.05) is 6.92 Å². The Labute approximate surface area is 460 Å². The Morgan fingerprint density at radius 2 is 0.423 bits per heavy atom. The molecule has 0 spiro atoms. The molecule has 0 amide bonds. The summed E-state index contributed by atoms with van der Waals surface area (Å²) in [7, 11) is -3.46. The van der Waals surface area contributed by atoms with Crippen LogP contribution in [0.4, 0.5) is 0 Å². The number of carbonyl (C=O) groups is 1. The lowest BCUT2D eigenvalue weighted by atomic mass is 9.92. The molecule has 0 aliphatic carbocycles. The van der Waals surface area contributed by atoms with E-state index >= 15 is 4.79 Å². The molecule has 0 saturated carbocycles. The van der Waals surface area contributed by atoms with Crippen LogP contribution in [0.3, 0.4) is 0 Å². The highest BCUT2D eigenvalue weighted by Crippen LogP contribution is 2.79. The first-order chi connectivity index (χ1) is 38.6. The Balaban J connectivity index is 1.43. The molecule has 0 atom stereocenters. The summed E-state index contributed by atoms with van der Waals surface area (Å²) < 4.78 is 8.20. The van der Waals surface area contributed by atoms with Gasteiger partial charge in [-0.05, 0) is 147 Å². The van der Waals surface area contributed by atoms with Crippen molar-refractivity contribution in [2.24, 2.45) is 0 Å². The third-order valence-corrected chi connectivity index (χ3v) is 17.9. The van der Waals surface area contributed by atoms with Gasteiger partial charge < -0.3 is 4.18 Å². The zero-order valence-corrected chi connectivity index (χ0v) is 44.2. The minimum atomic E-state index is -3.46. The van der Waals surface area contributed by atoms with Crippen molar-refractivity contribution in [1.29, 1.82) is 0 Å². The Morgan fingerprint density at radius 1 is 0.256 bits per heavy atom. The van der Waals surface area contributed by atoms with Gasteiger partial charge in [0.1, 0.15) is 0 Å². The molecule has 0 aromatic heterocycles. The van der Waals surface area contributed by atoms with Crippen molar-refractivity contribution >= 4 is 16.3 Å². The monoisotopic (exact) mass is 1020 g/mol. The molecule has 0 unspecified atom stereocenters. The Kier molecular flexibility index (Phi) is 14.1. The van der Waals surface area contributed by atoms with E-state index in [1.165, 1.54) is 0 Å². The van der Waals surface area contributed by atoms with E-state index in [1.54, 1.807) is 0 Å². The molecular formula is C75H56O2S. The second-order valence-corrected chi connectivity index (χ2v) is 21.9. The van der Waals surface area contributed by atoms with Gasteiger partial charge in [0.2, 0.25) is 0 Å². The van der Waals surface area contributed by atoms with Crippen molar-refractivity contribution in [2.45, 2.75) is 28.0 Å². The van der Waals surface area contributed by atoms with Gasteiger partial charge in [-0.2, -0.15) is 0 Å². The molecule has 2 nitrogen and oxygen atoms in total. The fourth-order valence-electron chi connectivity index (χ4n) is 10.8. The fourth-order valence-corrected chi connectivity index (χ4v) is 15.0. The van der Waals surface area contributed by atoms with E-state index in [4.69, 9.17) is 4.18 Å². The highest BCUT2D eigenvalue weighted by atomic mass is 32.3. The maximum atomic E-state index is 15.9. The Morgan fingerprint density at radius 3 is 0.590 bits per heavy atom. The first-order valence-electron chi connectivity index (χ1n) is 26.7. The van der Waals surface area contributed by atoms with Crippen molar-refractivity contribution in [3.63, 3.8) is 0 Å². The minimum absolute atomic E-state index is 0.130. The van der Waals surface area contributed by atoms with Crippen LogP contribution >= 0.6 is 10.3 Å². The normalized spacial score (nSPS) is 11.4. The molecule has 0 heterocycles. The van der Waals surface area contributed by atoms with E-state index in [9.17, 15) is 0 Å². The van der Waals surface area contributed by atoms with Crippen molar-refractivity contribution in [2.75, 3.05) is 0 Å². The molecular weight excluding hydrogens is 965 g/mol. The van der Waals surface area contributed by atoms with Gasteiger partial charge >= 0.3 is 5.97 Å². The van der Waals surface area contributed by atoms with Crippen LogP contribution in [0.2, 0.25) is 0 Å². The largest absolute Gasteiger partial charge is 0.402 e. The highest BCUT2D eigenvalue weighted by molar-refractivity contribution is 8.30. The van der Waals surface area contributed by atoms with Crippen LogP contribution in [0.5, 0.6) is 0 Å². The fraction of sp³-hybridized carbons (Fsp3) is 0.0267. The molecule has 374 valence electrons. The summed E-state index contributed by atoms with van der Waals surface area (Å²) in [5, 5.41) is 0. The zero-order chi connectivity index (χ0) is 52.7. The summed E-state index contributed by atoms with van der Waals surface area (Å²) in [5.41, 5.74) is 18.1. The van der Waals surface area contributed by atoms with Gasteiger partial charge in [-0.1, -0.05) is 280 Å². The van der Waals surface area contributed by atoms with Crippen LogP contribution in [-0.4, -0.2) is 5.97 Å². The molecule has 0 aliphatic heterocycles. The minimum Gasteiger partial charge on any atom is -0.402 e. The highest BCUT2D eigenvalue weighted by Gasteiger charge is 2.47. The zero-order valence-electron chi connectivity index (χ0n) is 43.4. The summed E-state index contributed by atoms with van der Waals surface area (Å²) in [5.74, 6) is -0.314. The maximum Gasteiger partial charge on any atom is 0.316 e. The molecule has 3 heteroatoms. The predicted octanol–water partition coefficient (Wildman–Crippen LogP) is 20.8. The van der Waals surface area contributed by atoms with Crippen molar-refractivity contribution < 1.29 is 8.98 Å².